The van der Waals surface area contributed by atoms with Crippen LogP contribution >= 0.6 is 11.6 Å². The average Bonchev–Trinajstić information content (AvgIpc) is 3.06. The number of allylic oxidation sites excluding steroid dienone is 1. The molecular weight excluding hydrogens is 504 g/mol. The minimum absolute atomic E-state index is 0.0835. The number of amides is 1. The predicted octanol–water partition coefficient (Wildman–Crippen LogP) is 5.14. The molecule has 7 nitrogen and oxygen atoms in total. The summed E-state index contributed by atoms with van der Waals surface area (Å²) in [5.74, 6) is -1.17. The molecule has 4 rings (SSSR count). The number of anilines is 1. The van der Waals surface area contributed by atoms with Crippen molar-refractivity contribution in [2.45, 2.75) is 57.0 Å². The number of carbonyl (C=O) groups excluding carboxylic acids is 1. The molecule has 8 heteroatoms. The Kier molecular flexibility index (Phi) is 9.00. The number of benzene rings is 2. The maximum Gasteiger partial charge on any atom is 0.340 e. The van der Waals surface area contributed by atoms with Crippen LogP contribution < -0.4 is 9.64 Å². The van der Waals surface area contributed by atoms with Gasteiger partial charge in [0, 0.05) is 37.6 Å². The van der Waals surface area contributed by atoms with Gasteiger partial charge in [-0.2, -0.15) is 0 Å². The molecule has 2 N–H and O–H groups in total. The molecule has 2 atom stereocenters. The summed E-state index contributed by atoms with van der Waals surface area (Å²) in [6.07, 6.45) is 8.14. The summed E-state index contributed by atoms with van der Waals surface area (Å²) in [6, 6.07) is 11.0. The standard InChI is InChI=1S/C30H37ClN2O5/c1-3-9-21-16-24(31)11-12-25(21)22-19-33-15-8-6-4-5-7-14-32(2)28(34)18-30(37,29(35)36)23-10-13-27(38-20-22)26(33)17-23/h5,7,10-13,16-17,22,37H,3-4,6,8-9,14-15,18-20H2,1-2H3,(H,35,36)/b7-5+/t22?,30-/m0/s1. The van der Waals surface area contributed by atoms with Crippen molar-refractivity contribution in [2.75, 3.05) is 38.2 Å². The van der Waals surface area contributed by atoms with E-state index in [0.29, 0.717) is 25.4 Å². The van der Waals surface area contributed by atoms with Gasteiger partial charge < -0.3 is 24.7 Å². The molecule has 0 radical (unpaired) electrons. The van der Waals surface area contributed by atoms with Gasteiger partial charge in [0.2, 0.25) is 5.91 Å². The molecule has 2 aromatic rings. The number of aryl methyl sites for hydroxylation is 1. The van der Waals surface area contributed by atoms with E-state index in [9.17, 15) is 19.8 Å². The molecule has 2 heterocycles. The van der Waals surface area contributed by atoms with E-state index in [1.807, 2.05) is 18.2 Å². The summed E-state index contributed by atoms with van der Waals surface area (Å²) < 4.78 is 6.30. The lowest BCUT2D eigenvalue weighted by Gasteiger charge is -2.30. The van der Waals surface area contributed by atoms with Crippen molar-refractivity contribution in [2.24, 2.45) is 0 Å². The summed E-state index contributed by atoms with van der Waals surface area (Å²) >= 11 is 6.32. The average molecular weight is 541 g/mol. The van der Waals surface area contributed by atoms with Gasteiger partial charge in [0.15, 0.2) is 5.60 Å². The number of nitrogens with zero attached hydrogens (tertiary/aromatic N) is 2. The molecule has 0 fully saturated rings. The summed E-state index contributed by atoms with van der Waals surface area (Å²) in [5.41, 5.74) is 0.972. The zero-order valence-electron chi connectivity index (χ0n) is 22.2. The Balaban J connectivity index is 1.75. The lowest BCUT2D eigenvalue weighted by atomic mass is 9.89. The number of hydrogen-bond acceptors (Lipinski definition) is 5. The van der Waals surface area contributed by atoms with Crippen LogP contribution in [0.2, 0.25) is 5.02 Å². The highest BCUT2D eigenvalue weighted by molar-refractivity contribution is 6.30. The third-order valence-corrected chi connectivity index (χ3v) is 7.74. The Bertz CT molecular complexity index is 1200. The minimum Gasteiger partial charge on any atom is -0.491 e. The second kappa shape index (κ2) is 12.2. The van der Waals surface area contributed by atoms with Gasteiger partial charge in [-0.15, -0.1) is 0 Å². The smallest absolute Gasteiger partial charge is 0.340 e. The van der Waals surface area contributed by atoms with Crippen molar-refractivity contribution in [1.29, 1.82) is 0 Å². The maximum absolute atomic E-state index is 12.9. The van der Waals surface area contributed by atoms with Crippen molar-refractivity contribution in [3.8, 4) is 5.75 Å². The molecule has 2 aliphatic rings. The van der Waals surface area contributed by atoms with Crippen molar-refractivity contribution >= 4 is 29.2 Å². The zero-order valence-corrected chi connectivity index (χ0v) is 22.9. The Morgan fingerprint density at radius 2 is 2.00 bits per heavy atom. The number of hydrogen-bond donors (Lipinski definition) is 2. The Morgan fingerprint density at radius 1 is 1.18 bits per heavy atom. The number of likely N-dealkylation sites (N-methyl/N-ethyl adjacent to an activating group) is 1. The first kappa shape index (κ1) is 28.0. The number of ether oxygens (including phenoxy) is 1. The number of aliphatic carboxylic acids is 1. The van der Waals surface area contributed by atoms with Gasteiger partial charge in [0.1, 0.15) is 5.75 Å². The Hall–Kier alpha value is -3.03. The van der Waals surface area contributed by atoms with E-state index in [4.69, 9.17) is 16.3 Å². The maximum atomic E-state index is 12.9. The first-order chi connectivity index (χ1) is 18.2. The summed E-state index contributed by atoms with van der Waals surface area (Å²) in [4.78, 5) is 28.8. The predicted molar refractivity (Wildman–Crippen MR) is 149 cm³/mol. The number of fused-ring (bicyclic) bond motifs is 1. The summed E-state index contributed by atoms with van der Waals surface area (Å²) in [7, 11) is 1.61. The van der Waals surface area contributed by atoms with E-state index < -0.39 is 23.9 Å². The van der Waals surface area contributed by atoms with Gasteiger partial charge >= 0.3 is 5.97 Å². The third kappa shape index (κ3) is 6.16. The quantitative estimate of drug-likeness (QED) is 0.522. The number of aliphatic hydroxyl groups is 1. The number of carbonyl (C=O) groups is 2. The van der Waals surface area contributed by atoms with E-state index in [1.165, 1.54) is 16.0 Å². The molecule has 0 aliphatic carbocycles. The Labute approximate surface area is 229 Å². The van der Waals surface area contributed by atoms with Gasteiger partial charge in [-0.3, -0.25) is 4.79 Å². The molecule has 0 saturated heterocycles. The minimum atomic E-state index is -2.36. The normalized spacial score (nSPS) is 23.6. The fraction of sp³-hybridized carbons (Fsp3) is 0.467. The fourth-order valence-corrected chi connectivity index (χ4v) is 5.48. The SMILES string of the molecule is CCCc1cc(Cl)ccc1C1COc2ccc3cc2N(CCCC/C=C/CN(C)C(=O)C[C@@]3(O)C(=O)O)C1. The molecule has 0 aromatic heterocycles. The molecule has 2 aromatic carbocycles. The third-order valence-electron chi connectivity index (χ3n) is 7.50. The lowest BCUT2D eigenvalue weighted by Crippen LogP contribution is -2.42. The van der Waals surface area contributed by atoms with Crippen LogP contribution in [0.4, 0.5) is 5.69 Å². The van der Waals surface area contributed by atoms with Gasteiger partial charge in [-0.1, -0.05) is 49.2 Å². The zero-order chi connectivity index (χ0) is 27.3. The number of carboxylic acids is 1. The van der Waals surface area contributed by atoms with Gasteiger partial charge in [-0.05, 0) is 66.6 Å². The molecule has 2 aliphatic heterocycles. The van der Waals surface area contributed by atoms with Crippen LogP contribution in [-0.4, -0.2) is 60.3 Å². The summed E-state index contributed by atoms with van der Waals surface area (Å²) in [5, 5.41) is 22.1. The fourth-order valence-electron chi connectivity index (χ4n) is 5.28. The highest BCUT2D eigenvalue weighted by Crippen LogP contribution is 2.40. The van der Waals surface area contributed by atoms with Crippen LogP contribution in [0.3, 0.4) is 0 Å². The number of carboxylic acid groups (broad SMARTS) is 1. The monoisotopic (exact) mass is 540 g/mol. The molecule has 204 valence electrons. The molecule has 0 spiro atoms. The van der Waals surface area contributed by atoms with Crippen molar-refractivity contribution in [1.82, 2.24) is 4.90 Å². The van der Waals surface area contributed by atoms with Crippen molar-refractivity contribution in [3.05, 3.63) is 70.3 Å². The molecular formula is C30H37ClN2O5. The number of halogens is 1. The van der Waals surface area contributed by atoms with Crippen LogP contribution in [0.1, 0.15) is 61.6 Å². The van der Waals surface area contributed by atoms with E-state index in [0.717, 1.165) is 49.4 Å². The molecule has 38 heavy (non-hydrogen) atoms. The summed E-state index contributed by atoms with van der Waals surface area (Å²) in [6.45, 7) is 4.41. The first-order valence-corrected chi connectivity index (χ1v) is 13.8. The van der Waals surface area contributed by atoms with Crippen LogP contribution in [0.25, 0.3) is 0 Å². The van der Waals surface area contributed by atoms with Crippen LogP contribution in [-0.2, 0) is 21.6 Å². The van der Waals surface area contributed by atoms with Crippen molar-refractivity contribution < 1.29 is 24.5 Å². The molecule has 1 unspecified atom stereocenters. The second-order valence-corrected chi connectivity index (χ2v) is 10.7. The highest BCUT2D eigenvalue weighted by Gasteiger charge is 2.42. The largest absolute Gasteiger partial charge is 0.491 e. The van der Waals surface area contributed by atoms with Crippen LogP contribution in [0.5, 0.6) is 5.75 Å². The van der Waals surface area contributed by atoms with Gasteiger partial charge in [0.05, 0.1) is 18.7 Å². The van der Waals surface area contributed by atoms with E-state index in [-0.39, 0.29) is 11.5 Å². The second-order valence-electron chi connectivity index (χ2n) is 10.3. The van der Waals surface area contributed by atoms with Crippen LogP contribution in [0, 0.1) is 0 Å². The molecule has 0 saturated carbocycles. The van der Waals surface area contributed by atoms with Gasteiger partial charge in [0.25, 0.3) is 0 Å². The molecule has 1 amide bonds. The highest BCUT2D eigenvalue weighted by atomic mass is 35.5. The molecule has 2 bridgehead atoms. The van der Waals surface area contributed by atoms with Crippen molar-refractivity contribution in [3.63, 3.8) is 0 Å². The number of rotatable bonds is 4. The Morgan fingerprint density at radius 3 is 2.76 bits per heavy atom. The first-order valence-electron chi connectivity index (χ1n) is 13.4. The lowest BCUT2D eigenvalue weighted by molar-refractivity contribution is -0.164. The van der Waals surface area contributed by atoms with E-state index in [2.05, 4.69) is 24.0 Å². The topological polar surface area (TPSA) is 90.3 Å². The van der Waals surface area contributed by atoms with E-state index >= 15 is 0 Å². The van der Waals surface area contributed by atoms with Gasteiger partial charge in [-0.25, -0.2) is 4.79 Å². The van der Waals surface area contributed by atoms with E-state index in [1.54, 1.807) is 25.2 Å². The van der Waals surface area contributed by atoms with Crippen LogP contribution in [0.15, 0.2) is 48.6 Å².